The van der Waals surface area contributed by atoms with Crippen LogP contribution in [0.4, 0.5) is 18.9 Å². The van der Waals surface area contributed by atoms with Crippen molar-refractivity contribution < 1.29 is 18.0 Å². The molecule has 1 aromatic rings. The number of anilines is 1. The van der Waals surface area contributed by atoms with Gasteiger partial charge in [-0.3, -0.25) is 4.79 Å². The number of amides is 1. The molecule has 1 amide bonds. The molecule has 1 N–H and O–H groups in total. The second-order valence-electron chi connectivity index (χ2n) is 4.81. The van der Waals surface area contributed by atoms with E-state index >= 15 is 0 Å². The molecule has 3 nitrogen and oxygen atoms in total. The molecule has 0 saturated carbocycles. The fourth-order valence-electron chi connectivity index (χ4n) is 2.24. The van der Waals surface area contributed by atoms with Crippen LogP contribution in [0.1, 0.15) is 12.8 Å². The molecule has 0 radical (unpaired) electrons. The maximum atomic E-state index is 13.4. The lowest BCUT2D eigenvalue weighted by molar-refractivity contribution is -0.121. The second kappa shape index (κ2) is 5.61. The van der Waals surface area contributed by atoms with Gasteiger partial charge in [0.2, 0.25) is 5.91 Å². The largest absolute Gasteiger partial charge is 0.323 e. The number of benzene rings is 1. The van der Waals surface area contributed by atoms with Crippen molar-refractivity contribution >= 4 is 11.6 Å². The van der Waals surface area contributed by atoms with E-state index in [1.165, 1.54) is 0 Å². The maximum absolute atomic E-state index is 13.4. The zero-order chi connectivity index (χ0) is 14.0. The summed E-state index contributed by atoms with van der Waals surface area (Å²) in [6.45, 7) is 1.50. The van der Waals surface area contributed by atoms with Crippen LogP contribution in [0.15, 0.2) is 12.1 Å². The normalized spacial score (nSPS) is 20.3. The summed E-state index contributed by atoms with van der Waals surface area (Å²) in [6.07, 6.45) is 1.59. The Morgan fingerprint density at radius 3 is 2.74 bits per heavy atom. The Balaban J connectivity index is 2.08. The van der Waals surface area contributed by atoms with Gasteiger partial charge in [0, 0.05) is 6.54 Å². The monoisotopic (exact) mass is 272 g/mol. The van der Waals surface area contributed by atoms with Crippen LogP contribution in [0.2, 0.25) is 0 Å². The van der Waals surface area contributed by atoms with Crippen LogP contribution >= 0.6 is 0 Å². The van der Waals surface area contributed by atoms with Crippen LogP contribution in [0.3, 0.4) is 0 Å². The molecule has 1 aliphatic heterocycles. The van der Waals surface area contributed by atoms with Crippen molar-refractivity contribution in [3.63, 3.8) is 0 Å². The molecule has 0 aromatic heterocycles. The topological polar surface area (TPSA) is 32.3 Å². The zero-order valence-electron chi connectivity index (χ0n) is 10.5. The number of halogens is 3. The van der Waals surface area contributed by atoms with Gasteiger partial charge in [-0.1, -0.05) is 0 Å². The molecule has 1 aromatic carbocycles. The molecule has 2 rings (SSSR count). The van der Waals surface area contributed by atoms with Gasteiger partial charge in [-0.15, -0.1) is 0 Å². The average molecular weight is 272 g/mol. The molecule has 6 heteroatoms. The van der Waals surface area contributed by atoms with Crippen LogP contribution in [0.5, 0.6) is 0 Å². The van der Waals surface area contributed by atoms with Crippen molar-refractivity contribution in [3.8, 4) is 0 Å². The summed E-state index contributed by atoms with van der Waals surface area (Å²) in [5, 5.41) is 2.32. The van der Waals surface area contributed by atoms with Gasteiger partial charge in [0.15, 0.2) is 17.5 Å². The summed E-state index contributed by atoms with van der Waals surface area (Å²) >= 11 is 0. The predicted molar refractivity (Wildman–Crippen MR) is 65.2 cm³/mol. The van der Waals surface area contributed by atoms with Crippen LogP contribution in [0, 0.1) is 23.4 Å². The summed E-state index contributed by atoms with van der Waals surface area (Å²) in [4.78, 5) is 14.0. The number of hydrogen-bond donors (Lipinski definition) is 1. The highest BCUT2D eigenvalue weighted by Crippen LogP contribution is 2.22. The van der Waals surface area contributed by atoms with Gasteiger partial charge in [-0.05, 0) is 38.6 Å². The van der Waals surface area contributed by atoms with Crippen molar-refractivity contribution in [2.24, 2.45) is 5.92 Å². The Hall–Kier alpha value is -1.56. The third kappa shape index (κ3) is 3.07. The lowest BCUT2D eigenvalue weighted by atomic mass is 9.97. The number of hydrogen-bond acceptors (Lipinski definition) is 2. The highest BCUT2D eigenvalue weighted by molar-refractivity contribution is 5.92. The Morgan fingerprint density at radius 2 is 2.05 bits per heavy atom. The van der Waals surface area contributed by atoms with Crippen LogP contribution in [-0.2, 0) is 4.79 Å². The van der Waals surface area contributed by atoms with E-state index in [9.17, 15) is 18.0 Å². The minimum atomic E-state index is -1.57. The van der Waals surface area contributed by atoms with Crippen LogP contribution < -0.4 is 5.32 Å². The second-order valence-corrected chi connectivity index (χ2v) is 4.81. The number of nitrogens with zero attached hydrogens (tertiary/aromatic N) is 1. The zero-order valence-corrected chi connectivity index (χ0v) is 10.5. The minimum Gasteiger partial charge on any atom is -0.323 e. The SMILES string of the molecule is CN1CCCC(C(=O)Nc2ccc(F)c(F)c2F)C1. The van der Waals surface area contributed by atoms with E-state index in [4.69, 9.17) is 0 Å². The van der Waals surface area contributed by atoms with E-state index < -0.39 is 17.5 Å². The van der Waals surface area contributed by atoms with E-state index in [2.05, 4.69) is 5.32 Å². The van der Waals surface area contributed by atoms with Gasteiger partial charge in [-0.2, -0.15) is 0 Å². The first kappa shape index (κ1) is 13.9. The van der Waals surface area contributed by atoms with Crippen molar-refractivity contribution in [1.29, 1.82) is 0 Å². The molecule has 0 spiro atoms. The van der Waals surface area contributed by atoms with Gasteiger partial charge >= 0.3 is 0 Å². The molecule has 19 heavy (non-hydrogen) atoms. The third-order valence-corrected chi connectivity index (χ3v) is 3.29. The molecular formula is C13H15F3N2O. The Labute approximate surface area is 109 Å². The highest BCUT2D eigenvalue weighted by atomic mass is 19.2. The van der Waals surface area contributed by atoms with E-state index in [1.807, 2.05) is 11.9 Å². The number of carbonyl (C=O) groups is 1. The number of nitrogens with one attached hydrogen (secondary N) is 1. The van der Waals surface area contributed by atoms with Crippen LogP contribution in [-0.4, -0.2) is 30.9 Å². The number of carbonyl (C=O) groups excluding carboxylic acids is 1. The third-order valence-electron chi connectivity index (χ3n) is 3.29. The lowest BCUT2D eigenvalue weighted by Gasteiger charge is -2.28. The summed E-state index contributed by atoms with van der Waals surface area (Å²) < 4.78 is 39.2. The fourth-order valence-corrected chi connectivity index (χ4v) is 2.24. The van der Waals surface area contributed by atoms with Gasteiger partial charge in [0.05, 0.1) is 11.6 Å². The van der Waals surface area contributed by atoms with Crippen LogP contribution in [0.25, 0.3) is 0 Å². The van der Waals surface area contributed by atoms with E-state index in [0.717, 1.165) is 25.1 Å². The van der Waals surface area contributed by atoms with Gasteiger partial charge in [0.25, 0.3) is 0 Å². The molecule has 0 bridgehead atoms. The summed E-state index contributed by atoms with van der Waals surface area (Å²) in [7, 11) is 1.90. The van der Waals surface area contributed by atoms with E-state index in [0.29, 0.717) is 13.0 Å². The molecular weight excluding hydrogens is 257 g/mol. The standard InChI is InChI=1S/C13H15F3N2O/c1-18-6-2-3-8(7-18)13(19)17-10-5-4-9(14)11(15)12(10)16/h4-5,8H,2-3,6-7H2,1H3,(H,17,19). The molecule has 1 fully saturated rings. The average Bonchev–Trinajstić information content (AvgIpc) is 2.39. The van der Waals surface area contributed by atoms with Gasteiger partial charge in [0.1, 0.15) is 0 Å². The van der Waals surface area contributed by atoms with Gasteiger partial charge < -0.3 is 10.2 Å². The van der Waals surface area contributed by atoms with Crippen molar-refractivity contribution in [3.05, 3.63) is 29.6 Å². The van der Waals surface area contributed by atoms with Crippen molar-refractivity contribution in [1.82, 2.24) is 4.90 Å². The highest BCUT2D eigenvalue weighted by Gasteiger charge is 2.25. The number of piperidine rings is 1. The predicted octanol–water partition coefficient (Wildman–Crippen LogP) is 2.38. The Bertz CT molecular complexity index is 493. The Morgan fingerprint density at radius 1 is 1.32 bits per heavy atom. The number of likely N-dealkylation sites (tertiary alicyclic amines) is 1. The summed E-state index contributed by atoms with van der Waals surface area (Å²) in [6, 6.07) is 1.82. The molecule has 1 aliphatic rings. The fraction of sp³-hybridized carbons (Fsp3) is 0.462. The number of rotatable bonds is 2. The summed E-state index contributed by atoms with van der Waals surface area (Å²) in [5.74, 6) is -4.83. The lowest BCUT2D eigenvalue weighted by Crippen LogP contribution is -2.38. The molecule has 1 unspecified atom stereocenters. The van der Waals surface area contributed by atoms with Gasteiger partial charge in [-0.25, -0.2) is 13.2 Å². The van der Waals surface area contributed by atoms with Crippen molar-refractivity contribution in [2.75, 3.05) is 25.5 Å². The smallest absolute Gasteiger partial charge is 0.228 e. The first-order valence-electron chi connectivity index (χ1n) is 6.12. The van der Waals surface area contributed by atoms with E-state index in [-0.39, 0.29) is 17.5 Å². The Kier molecular flexibility index (Phi) is 4.09. The van der Waals surface area contributed by atoms with E-state index in [1.54, 1.807) is 0 Å². The molecule has 104 valence electrons. The molecule has 1 heterocycles. The maximum Gasteiger partial charge on any atom is 0.228 e. The minimum absolute atomic E-state index is 0.258. The molecule has 0 aliphatic carbocycles. The first-order chi connectivity index (χ1) is 8.99. The quantitative estimate of drug-likeness (QED) is 0.838. The first-order valence-corrected chi connectivity index (χ1v) is 6.12. The summed E-state index contributed by atoms with van der Waals surface area (Å²) in [5.41, 5.74) is -0.322. The molecule has 1 atom stereocenters. The molecule has 1 saturated heterocycles. The van der Waals surface area contributed by atoms with Crippen molar-refractivity contribution in [2.45, 2.75) is 12.8 Å².